The smallest absolute Gasteiger partial charge is 0.129 e. The highest BCUT2D eigenvalue weighted by molar-refractivity contribution is 5.60. The van der Waals surface area contributed by atoms with Crippen molar-refractivity contribution in [3.63, 3.8) is 0 Å². The molecule has 0 aromatic rings. The number of aldehydes is 1. The summed E-state index contributed by atoms with van der Waals surface area (Å²) >= 11 is 0. The average molecular weight is 251 g/mol. The summed E-state index contributed by atoms with van der Waals surface area (Å²) in [6, 6.07) is 0. The molecule has 3 fully saturated rings. The number of carbonyl (C=O) groups is 1. The number of carbonyl (C=O) groups excluding carboxylic acids is 1. The Morgan fingerprint density at radius 2 is 1.83 bits per heavy atom. The molecular weight excluding hydrogens is 226 g/mol. The summed E-state index contributed by atoms with van der Waals surface area (Å²) in [6.45, 7) is 4.84. The summed E-state index contributed by atoms with van der Waals surface area (Å²) < 4.78 is 5.56. The topological polar surface area (TPSA) is 29.5 Å². The second-order valence-corrected chi connectivity index (χ2v) is 6.72. The highest BCUT2D eigenvalue weighted by Crippen LogP contribution is 2.36. The summed E-state index contributed by atoms with van der Waals surface area (Å²) in [5.74, 6) is 1.83. The fourth-order valence-electron chi connectivity index (χ4n) is 3.11. The number of nitrogens with zero attached hydrogens (tertiary/aromatic N) is 1. The average Bonchev–Trinajstić information content (AvgIpc) is 3.27. The molecule has 1 heterocycles. The molecule has 0 amide bonds. The normalized spacial score (nSPS) is 32.7. The molecule has 1 aliphatic heterocycles. The molecular formula is C15H25NO2. The van der Waals surface area contributed by atoms with E-state index in [9.17, 15) is 4.79 Å². The minimum Gasteiger partial charge on any atom is -0.380 e. The molecule has 2 saturated carbocycles. The summed E-state index contributed by atoms with van der Waals surface area (Å²) in [7, 11) is 0. The molecule has 3 rings (SSSR count). The Morgan fingerprint density at radius 3 is 2.28 bits per heavy atom. The van der Waals surface area contributed by atoms with E-state index in [1.54, 1.807) is 0 Å². The first-order chi connectivity index (χ1) is 8.80. The van der Waals surface area contributed by atoms with E-state index in [1.165, 1.54) is 45.1 Å². The molecule has 102 valence electrons. The minimum atomic E-state index is -0.206. The molecule has 0 spiro atoms. The Bertz CT molecular complexity index is 277. The Morgan fingerprint density at radius 1 is 1.17 bits per heavy atom. The standard InChI is InChI=1S/C15H25NO2/c17-11-15(6-1-7-18-12-15)10-16(8-13-2-3-13)9-14-4-5-14/h11,13-14H,1-10,12H2. The highest BCUT2D eigenvalue weighted by Gasteiger charge is 2.37. The summed E-state index contributed by atoms with van der Waals surface area (Å²) in [4.78, 5) is 14.1. The summed E-state index contributed by atoms with van der Waals surface area (Å²) in [6.07, 6.45) is 8.82. The zero-order valence-electron chi connectivity index (χ0n) is 11.3. The van der Waals surface area contributed by atoms with Crippen molar-refractivity contribution in [1.29, 1.82) is 0 Å². The quantitative estimate of drug-likeness (QED) is 0.649. The van der Waals surface area contributed by atoms with Gasteiger partial charge in [0.15, 0.2) is 0 Å². The van der Waals surface area contributed by atoms with Gasteiger partial charge in [-0.3, -0.25) is 0 Å². The van der Waals surface area contributed by atoms with E-state index in [4.69, 9.17) is 4.74 Å². The van der Waals surface area contributed by atoms with Crippen LogP contribution < -0.4 is 0 Å². The first-order valence-electron chi connectivity index (χ1n) is 7.56. The predicted molar refractivity (Wildman–Crippen MR) is 70.4 cm³/mol. The zero-order valence-corrected chi connectivity index (χ0v) is 11.3. The number of rotatable bonds is 7. The third-order valence-electron chi connectivity index (χ3n) is 4.57. The first-order valence-corrected chi connectivity index (χ1v) is 7.56. The lowest BCUT2D eigenvalue weighted by molar-refractivity contribution is -0.125. The van der Waals surface area contributed by atoms with E-state index in [0.29, 0.717) is 6.61 Å². The molecule has 3 heteroatoms. The number of hydrogen-bond acceptors (Lipinski definition) is 3. The zero-order chi connectivity index (χ0) is 12.4. The van der Waals surface area contributed by atoms with Crippen LogP contribution in [0.5, 0.6) is 0 Å². The Hall–Kier alpha value is -0.410. The van der Waals surface area contributed by atoms with Gasteiger partial charge in [0.05, 0.1) is 12.0 Å². The Labute approximate surface area is 110 Å². The van der Waals surface area contributed by atoms with E-state index in [2.05, 4.69) is 4.90 Å². The van der Waals surface area contributed by atoms with Gasteiger partial charge in [-0.2, -0.15) is 0 Å². The molecule has 3 nitrogen and oxygen atoms in total. The van der Waals surface area contributed by atoms with Crippen LogP contribution in [0.4, 0.5) is 0 Å². The summed E-state index contributed by atoms with van der Waals surface area (Å²) in [5.41, 5.74) is -0.206. The second-order valence-electron chi connectivity index (χ2n) is 6.72. The molecule has 2 aliphatic carbocycles. The van der Waals surface area contributed by atoms with Crippen LogP contribution in [-0.4, -0.2) is 44.0 Å². The van der Waals surface area contributed by atoms with Crippen molar-refractivity contribution in [2.24, 2.45) is 17.3 Å². The van der Waals surface area contributed by atoms with Gasteiger partial charge in [-0.05, 0) is 50.4 Å². The van der Waals surface area contributed by atoms with Crippen molar-refractivity contribution in [2.75, 3.05) is 32.8 Å². The van der Waals surface area contributed by atoms with E-state index in [-0.39, 0.29) is 5.41 Å². The molecule has 0 N–H and O–H groups in total. The minimum absolute atomic E-state index is 0.206. The van der Waals surface area contributed by atoms with E-state index in [0.717, 1.165) is 37.8 Å². The van der Waals surface area contributed by atoms with Crippen LogP contribution in [0.1, 0.15) is 38.5 Å². The molecule has 18 heavy (non-hydrogen) atoms. The number of ether oxygens (including phenoxy) is 1. The fraction of sp³-hybridized carbons (Fsp3) is 0.933. The van der Waals surface area contributed by atoms with E-state index in [1.807, 2.05) is 0 Å². The van der Waals surface area contributed by atoms with Crippen LogP contribution >= 0.6 is 0 Å². The fourth-order valence-corrected chi connectivity index (χ4v) is 3.11. The van der Waals surface area contributed by atoms with Gasteiger partial charge in [0.2, 0.25) is 0 Å². The third kappa shape index (κ3) is 3.33. The maximum Gasteiger partial charge on any atom is 0.129 e. The van der Waals surface area contributed by atoms with Crippen LogP contribution in [0.2, 0.25) is 0 Å². The molecule has 1 unspecified atom stereocenters. The van der Waals surface area contributed by atoms with Gasteiger partial charge >= 0.3 is 0 Å². The van der Waals surface area contributed by atoms with Crippen LogP contribution in [0.15, 0.2) is 0 Å². The molecule has 3 aliphatic rings. The van der Waals surface area contributed by atoms with Crippen molar-refractivity contribution in [3.05, 3.63) is 0 Å². The van der Waals surface area contributed by atoms with Gasteiger partial charge in [-0.25, -0.2) is 0 Å². The van der Waals surface area contributed by atoms with Crippen molar-refractivity contribution < 1.29 is 9.53 Å². The Kier molecular flexibility index (Phi) is 3.71. The third-order valence-corrected chi connectivity index (χ3v) is 4.57. The number of hydrogen-bond donors (Lipinski definition) is 0. The largest absolute Gasteiger partial charge is 0.380 e. The van der Waals surface area contributed by atoms with Gasteiger partial charge < -0.3 is 14.4 Å². The maximum absolute atomic E-state index is 11.5. The van der Waals surface area contributed by atoms with Crippen LogP contribution in [0.25, 0.3) is 0 Å². The molecule has 0 aromatic carbocycles. The lowest BCUT2D eigenvalue weighted by atomic mass is 9.83. The monoisotopic (exact) mass is 251 g/mol. The van der Waals surface area contributed by atoms with Crippen molar-refractivity contribution in [2.45, 2.75) is 38.5 Å². The predicted octanol–water partition coefficient (Wildman–Crippen LogP) is 2.10. The molecule has 0 bridgehead atoms. The lowest BCUT2D eigenvalue weighted by Crippen LogP contribution is -2.45. The second kappa shape index (κ2) is 5.30. The van der Waals surface area contributed by atoms with Crippen LogP contribution in [-0.2, 0) is 9.53 Å². The van der Waals surface area contributed by atoms with Crippen LogP contribution in [0, 0.1) is 17.3 Å². The highest BCUT2D eigenvalue weighted by atomic mass is 16.5. The molecule has 1 atom stereocenters. The molecule has 0 aromatic heterocycles. The van der Waals surface area contributed by atoms with Gasteiger partial charge in [-0.1, -0.05) is 0 Å². The van der Waals surface area contributed by atoms with Crippen molar-refractivity contribution in [1.82, 2.24) is 4.90 Å². The van der Waals surface area contributed by atoms with Crippen molar-refractivity contribution in [3.8, 4) is 0 Å². The first kappa shape index (κ1) is 12.6. The van der Waals surface area contributed by atoms with Crippen LogP contribution in [0.3, 0.4) is 0 Å². The van der Waals surface area contributed by atoms with Gasteiger partial charge in [0.1, 0.15) is 6.29 Å². The lowest BCUT2D eigenvalue weighted by Gasteiger charge is -2.37. The van der Waals surface area contributed by atoms with Gasteiger partial charge in [0, 0.05) is 26.2 Å². The van der Waals surface area contributed by atoms with Gasteiger partial charge in [-0.15, -0.1) is 0 Å². The molecule has 0 radical (unpaired) electrons. The maximum atomic E-state index is 11.5. The van der Waals surface area contributed by atoms with E-state index < -0.39 is 0 Å². The Balaban J connectivity index is 1.58. The van der Waals surface area contributed by atoms with Gasteiger partial charge in [0.25, 0.3) is 0 Å². The summed E-state index contributed by atoms with van der Waals surface area (Å²) in [5, 5.41) is 0. The van der Waals surface area contributed by atoms with Crippen molar-refractivity contribution >= 4 is 6.29 Å². The van der Waals surface area contributed by atoms with E-state index >= 15 is 0 Å². The SMILES string of the molecule is O=CC1(CN(CC2CC2)CC2CC2)CCCOC1. The molecule has 1 saturated heterocycles.